The molecule has 1 atom stereocenters. The number of benzene rings is 1. The van der Waals surface area contributed by atoms with Crippen LogP contribution in [0, 0.1) is 0 Å². The van der Waals surface area contributed by atoms with Gasteiger partial charge in [-0.15, -0.1) is 0 Å². The van der Waals surface area contributed by atoms with Crippen LogP contribution < -0.4 is 5.32 Å². The van der Waals surface area contributed by atoms with E-state index < -0.39 is 0 Å². The van der Waals surface area contributed by atoms with Gasteiger partial charge in [0.2, 0.25) is 0 Å². The third kappa shape index (κ3) is 1.72. The third-order valence-corrected chi connectivity index (χ3v) is 4.14. The zero-order valence-corrected chi connectivity index (χ0v) is 11.2. The van der Waals surface area contributed by atoms with E-state index in [4.69, 9.17) is 4.98 Å². The highest BCUT2D eigenvalue weighted by atomic mass is 15.3. The minimum atomic E-state index is 0.342. The molecular formula is C14H20N4. The molecule has 1 unspecified atom stereocenters. The van der Waals surface area contributed by atoms with Gasteiger partial charge in [-0.1, -0.05) is 12.1 Å². The maximum Gasteiger partial charge on any atom is 0.126 e. The summed E-state index contributed by atoms with van der Waals surface area (Å²) in [7, 11) is 4.30. The van der Waals surface area contributed by atoms with Crippen molar-refractivity contribution in [2.75, 3.05) is 20.1 Å². The highest BCUT2D eigenvalue weighted by Crippen LogP contribution is 2.24. The molecule has 1 aromatic carbocycles. The summed E-state index contributed by atoms with van der Waals surface area (Å²) in [6.07, 6.45) is 0. The van der Waals surface area contributed by atoms with Crippen molar-refractivity contribution in [1.82, 2.24) is 19.8 Å². The molecule has 1 fully saturated rings. The van der Waals surface area contributed by atoms with Crippen LogP contribution in [-0.2, 0) is 7.05 Å². The molecule has 18 heavy (non-hydrogen) atoms. The Hall–Kier alpha value is -1.39. The van der Waals surface area contributed by atoms with Gasteiger partial charge in [-0.2, -0.15) is 0 Å². The third-order valence-electron chi connectivity index (χ3n) is 4.14. The van der Waals surface area contributed by atoms with Crippen molar-refractivity contribution in [3.63, 3.8) is 0 Å². The number of hydrogen-bond acceptors (Lipinski definition) is 3. The van der Waals surface area contributed by atoms with Crippen molar-refractivity contribution >= 4 is 11.0 Å². The molecule has 1 aliphatic heterocycles. The summed E-state index contributed by atoms with van der Waals surface area (Å²) in [5.74, 6) is 1.14. The Morgan fingerprint density at radius 1 is 1.39 bits per heavy atom. The van der Waals surface area contributed by atoms with Gasteiger partial charge in [-0.25, -0.2) is 4.98 Å². The second kappa shape index (κ2) is 4.37. The zero-order chi connectivity index (χ0) is 12.7. The first-order valence-corrected chi connectivity index (χ1v) is 6.52. The number of likely N-dealkylation sites (N-methyl/N-ethyl adjacent to an activating group) is 1. The monoisotopic (exact) mass is 244 g/mol. The summed E-state index contributed by atoms with van der Waals surface area (Å²) in [6.45, 7) is 4.41. The molecule has 3 rings (SSSR count). The average molecular weight is 244 g/mol. The molecule has 4 heteroatoms. The molecule has 0 radical (unpaired) electrons. The smallest absolute Gasteiger partial charge is 0.126 e. The van der Waals surface area contributed by atoms with E-state index >= 15 is 0 Å². The highest BCUT2D eigenvalue weighted by Gasteiger charge is 2.28. The number of aryl methyl sites for hydroxylation is 1. The molecule has 0 spiro atoms. The van der Waals surface area contributed by atoms with Crippen molar-refractivity contribution in [3.05, 3.63) is 30.1 Å². The van der Waals surface area contributed by atoms with Gasteiger partial charge in [-0.05, 0) is 26.1 Å². The topological polar surface area (TPSA) is 33.1 Å². The molecule has 0 bridgehead atoms. The van der Waals surface area contributed by atoms with Gasteiger partial charge < -0.3 is 9.88 Å². The number of imidazole rings is 1. The first kappa shape index (κ1) is 11.7. The van der Waals surface area contributed by atoms with E-state index in [0.29, 0.717) is 12.1 Å². The molecule has 2 heterocycles. The Labute approximate surface area is 108 Å². The Morgan fingerprint density at radius 3 is 2.72 bits per heavy atom. The minimum Gasteiger partial charge on any atom is -0.330 e. The Kier molecular flexibility index (Phi) is 2.84. The van der Waals surface area contributed by atoms with E-state index in [0.717, 1.165) is 24.4 Å². The summed E-state index contributed by atoms with van der Waals surface area (Å²) < 4.78 is 2.21. The zero-order valence-electron chi connectivity index (χ0n) is 11.2. The lowest BCUT2D eigenvalue weighted by Crippen LogP contribution is -2.56. The molecule has 1 N–H and O–H groups in total. The first-order chi connectivity index (χ1) is 8.68. The number of hydrogen-bond donors (Lipinski definition) is 1. The lowest BCUT2D eigenvalue weighted by Gasteiger charge is -2.38. The van der Waals surface area contributed by atoms with Crippen LogP contribution in [0.15, 0.2) is 24.3 Å². The second-order valence-corrected chi connectivity index (χ2v) is 5.17. The van der Waals surface area contributed by atoms with Crippen molar-refractivity contribution in [3.8, 4) is 0 Å². The molecule has 1 saturated heterocycles. The number of fused-ring (bicyclic) bond motifs is 1. The van der Waals surface area contributed by atoms with E-state index in [1.54, 1.807) is 0 Å². The molecule has 4 nitrogen and oxygen atoms in total. The van der Waals surface area contributed by atoms with E-state index in [1.807, 2.05) is 6.07 Å². The van der Waals surface area contributed by atoms with Crippen LogP contribution in [0.5, 0.6) is 0 Å². The summed E-state index contributed by atoms with van der Waals surface area (Å²) in [6, 6.07) is 9.30. The van der Waals surface area contributed by atoms with Crippen LogP contribution in [0.2, 0.25) is 0 Å². The van der Waals surface area contributed by atoms with Crippen molar-refractivity contribution in [2.45, 2.75) is 19.0 Å². The van der Waals surface area contributed by atoms with Gasteiger partial charge >= 0.3 is 0 Å². The summed E-state index contributed by atoms with van der Waals surface area (Å²) in [4.78, 5) is 7.19. The lowest BCUT2D eigenvalue weighted by atomic mass is 10.1. The number of aromatic nitrogens is 2. The van der Waals surface area contributed by atoms with Crippen LogP contribution in [-0.4, -0.2) is 40.6 Å². The second-order valence-electron chi connectivity index (χ2n) is 5.17. The van der Waals surface area contributed by atoms with E-state index in [9.17, 15) is 0 Å². The molecule has 0 aliphatic carbocycles. The number of para-hydroxylation sites is 2. The fraction of sp³-hybridized carbons (Fsp3) is 0.500. The van der Waals surface area contributed by atoms with Crippen molar-refractivity contribution < 1.29 is 0 Å². The van der Waals surface area contributed by atoms with E-state index in [2.05, 4.69) is 54.0 Å². The predicted octanol–water partition coefficient (Wildman–Crippen LogP) is 1.54. The Morgan fingerprint density at radius 2 is 2.11 bits per heavy atom. The SMILES string of the molecule is CC(c1nc2ccccc2n1C)N(C)C1CNC1. The Balaban J connectivity index is 1.95. The largest absolute Gasteiger partial charge is 0.330 e. The normalized spacial score (nSPS) is 18.2. The fourth-order valence-corrected chi connectivity index (χ4v) is 2.60. The van der Waals surface area contributed by atoms with Crippen molar-refractivity contribution in [1.29, 1.82) is 0 Å². The van der Waals surface area contributed by atoms with Crippen LogP contribution in [0.25, 0.3) is 11.0 Å². The summed E-state index contributed by atoms with van der Waals surface area (Å²) in [5.41, 5.74) is 2.29. The maximum atomic E-state index is 4.77. The van der Waals surface area contributed by atoms with Crippen LogP contribution in [0.4, 0.5) is 0 Å². The summed E-state index contributed by atoms with van der Waals surface area (Å²) >= 11 is 0. The minimum absolute atomic E-state index is 0.342. The Bertz CT molecular complexity index is 556. The number of rotatable bonds is 3. The van der Waals surface area contributed by atoms with E-state index in [-0.39, 0.29) is 0 Å². The lowest BCUT2D eigenvalue weighted by molar-refractivity contribution is 0.130. The van der Waals surface area contributed by atoms with Gasteiger partial charge in [0.1, 0.15) is 5.82 Å². The molecule has 1 aliphatic rings. The van der Waals surface area contributed by atoms with Crippen LogP contribution in [0.3, 0.4) is 0 Å². The highest BCUT2D eigenvalue weighted by molar-refractivity contribution is 5.75. The predicted molar refractivity (Wildman–Crippen MR) is 73.5 cm³/mol. The molecule has 1 aromatic heterocycles. The number of nitrogens with one attached hydrogen (secondary N) is 1. The fourth-order valence-electron chi connectivity index (χ4n) is 2.60. The molecule has 96 valence electrons. The van der Waals surface area contributed by atoms with Gasteiger partial charge in [0.05, 0.1) is 17.1 Å². The standard InChI is InChI=1S/C14H20N4/c1-10(17(2)11-8-15-9-11)14-16-12-6-4-5-7-13(12)18(14)3/h4-7,10-11,15H,8-9H2,1-3H3. The number of nitrogens with zero attached hydrogens (tertiary/aromatic N) is 3. The molecule has 0 amide bonds. The van der Waals surface area contributed by atoms with Gasteiger partial charge in [0, 0.05) is 26.2 Å². The molecule has 2 aromatic rings. The quantitative estimate of drug-likeness (QED) is 0.889. The van der Waals surface area contributed by atoms with Gasteiger partial charge in [-0.3, -0.25) is 4.90 Å². The van der Waals surface area contributed by atoms with Crippen LogP contribution >= 0.6 is 0 Å². The average Bonchev–Trinajstić information content (AvgIpc) is 2.64. The van der Waals surface area contributed by atoms with Gasteiger partial charge in [0.25, 0.3) is 0 Å². The van der Waals surface area contributed by atoms with Crippen molar-refractivity contribution in [2.24, 2.45) is 7.05 Å². The first-order valence-electron chi connectivity index (χ1n) is 6.52. The van der Waals surface area contributed by atoms with E-state index in [1.165, 1.54) is 5.52 Å². The van der Waals surface area contributed by atoms with Gasteiger partial charge in [0.15, 0.2) is 0 Å². The molecule has 0 saturated carbocycles. The van der Waals surface area contributed by atoms with Crippen LogP contribution in [0.1, 0.15) is 18.8 Å². The maximum absolute atomic E-state index is 4.77. The molecular weight excluding hydrogens is 224 g/mol. The summed E-state index contributed by atoms with van der Waals surface area (Å²) in [5, 5.41) is 3.32.